The molecular formula is C26H31FN4. The molecule has 162 valence electrons. The average molecular weight is 419 g/mol. The van der Waals surface area contributed by atoms with E-state index in [9.17, 15) is 4.39 Å². The molecule has 1 atom stereocenters. The molecule has 5 heteroatoms. The molecule has 3 heterocycles. The van der Waals surface area contributed by atoms with Crippen LogP contribution < -0.4 is 10.2 Å². The Morgan fingerprint density at radius 1 is 1.10 bits per heavy atom. The van der Waals surface area contributed by atoms with E-state index in [-0.39, 0.29) is 5.82 Å². The van der Waals surface area contributed by atoms with Gasteiger partial charge < -0.3 is 10.2 Å². The largest absolute Gasteiger partial charge is 0.353 e. The summed E-state index contributed by atoms with van der Waals surface area (Å²) in [5.74, 6) is 0.964. The minimum absolute atomic E-state index is 0.167. The number of halogens is 1. The van der Waals surface area contributed by atoms with Crippen molar-refractivity contribution < 1.29 is 4.39 Å². The summed E-state index contributed by atoms with van der Waals surface area (Å²) in [5, 5.41) is 4.77. The van der Waals surface area contributed by atoms with Crippen LogP contribution in [0.25, 0.3) is 10.9 Å². The van der Waals surface area contributed by atoms with Crippen molar-refractivity contribution in [2.45, 2.75) is 38.8 Å². The lowest BCUT2D eigenvalue weighted by Gasteiger charge is -2.39. The summed E-state index contributed by atoms with van der Waals surface area (Å²) in [6, 6.07) is 16.3. The zero-order chi connectivity index (χ0) is 21.2. The number of para-hydroxylation sites is 1. The van der Waals surface area contributed by atoms with Crippen molar-refractivity contribution in [2.75, 3.05) is 37.6 Å². The molecule has 5 rings (SSSR count). The number of nitrogens with zero attached hydrogens (tertiary/aromatic N) is 3. The first-order valence-electron chi connectivity index (χ1n) is 11.5. The Kier molecular flexibility index (Phi) is 5.88. The van der Waals surface area contributed by atoms with Crippen LogP contribution in [0.15, 0.2) is 48.5 Å². The third-order valence-corrected chi connectivity index (χ3v) is 6.79. The fourth-order valence-corrected chi connectivity index (χ4v) is 5.12. The molecular weight excluding hydrogens is 387 g/mol. The second-order valence-corrected chi connectivity index (χ2v) is 8.95. The first-order valence-corrected chi connectivity index (χ1v) is 11.5. The normalized spacial score (nSPS) is 19.2. The highest BCUT2D eigenvalue weighted by Crippen LogP contribution is 2.29. The standard InChI is InChI=1S/C26H31FN4/c1-19-5-2-7-21-16-22(17-28-11-10-20-6-3-8-23(27)15-20)26(29-25(19)21)31-14-13-30-12-4-9-24(30)18-31/h2-3,5-8,15-16,24,28H,4,9-14,17-18H2,1H3/t24-/m1/s1. The van der Waals surface area contributed by atoms with Gasteiger partial charge >= 0.3 is 0 Å². The topological polar surface area (TPSA) is 31.4 Å². The van der Waals surface area contributed by atoms with E-state index in [0.717, 1.165) is 56.0 Å². The molecule has 31 heavy (non-hydrogen) atoms. The molecule has 1 N–H and O–H groups in total. The van der Waals surface area contributed by atoms with E-state index < -0.39 is 0 Å². The van der Waals surface area contributed by atoms with Gasteiger partial charge in [-0.05, 0) is 68.6 Å². The van der Waals surface area contributed by atoms with Gasteiger partial charge in [-0.15, -0.1) is 0 Å². The van der Waals surface area contributed by atoms with E-state index in [1.807, 2.05) is 6.07 Å². The number of nitrogens with one attached hydrogen (secondary N) is 1. The quantitative estimate of drug-likeness (QED) is 0.605. The van der Waals surface area contributed by atoms with Crippen LogP contribution in [0.5, 0.6) is 0 Å². The van der Waals surface area contributed by atoms with E-state index >= 15 is 0 Å². The average Bonchev–Trinajstić information content (AvgIpc) is 3.24. The Hall–Kier alpha value is -2.50. The number of aryl methyl sites for hydroxylation is 1. The van der Waals surface area contributed by atoms with Crippen molar-refractivity contribution in [3.8, 4) is 0 Å². The first kappa shape index (κ1) is 20.4. The molecule has 2 aromatic carbocycles. The summed E-state index contributed by atoms with van der Waals surface area (Å²) in [7, 11) is 0. The summed E-state index contributed by atoms with van der Waals surface area (Å²) in [5.41, 5.74) is 4.61. The van der Waals surface area contributed by atoms with E-state index in [4.69, 9.17) is 4.98 Å². The number of aromatic nitrogens is 1. The SMILES string of the molecule is Cc1cccc2cc(CNCCc3cccc(F)c3)c(N3CCN4CCC[C@@H]4C3)nc12. The first-order chi connectivity index (χ1) is 15.2. The summed E-state index contributed by atoms with van der Waals surface area (Å²) in [6.07, 6.45) is 3.43. The maximum Gasteiger partial charge on any atom is 0.133 e. The van der Waals surface area contributed by atoms with Crippen LogP contribution in [0.3, 0.4) is 0 Å². The Bertz CT molecular complexity index is 1070. The molecule has 0 amide bonds. The van der Waals surface area contributed by atoms with Crippen LogP contribution >= 0.6 is 0 Å². The lowest BCUT2D eigenvalue weighted by Crippen LogP contribution is -2.50. The van der Waals surface area contributed by atoms with Gasteiger partial charge in [-0.2, -0.15) is 0 Å². The van der Waals surface area contributed by atoms with Crippen LogP contribution in [-0.4, -0.2) is 48.6 Å². The molecule has 0 unspecified atom stereocenters. The van der Waals surface area contributed by atoms with Gasteiger partial charge in [0.1, 0.15) is 11.6 Å². The maximum absolute atomic E-state index is 13.4. The lowest BCUT2D eigenvalue weighted by atomic mass is 10.1. The number of hydrogen-bond donors (Lipinski definition) is 1. The molecule has 2 fully saturated rings. The van der Waals surface area contributed by atoms with E-state index in [0.29, 0.717) is 6.04 Å². The number of rotatable bonds is 6. The predicted molar refractivity (Wildman–Crippen MR) is 125 cm³/mol. The van der Waals surface area contributed by atoms with Crippen molar-refractivity contribution in [1.82, 2.24) is 15.2 Å². The minimum Gasteiger partial charge on any atom is -0.353 e. The number of anilines is 1. The maximum atomic E-state index is 13.4. The molecule has 3 aromatic rings. The van der Waals surface area contributed by atoms with Crippen LogP contribution in [0.1, 0.15) is 29.5 Å². The van der Waals surface area contributed by atoms with E-state index in [2.05, 4.69) is 46.3 Å². The van der Waals surface area contributed by atoms with Gasteiger partial charge in [0.15, 0.2) is 0 Å². The van der Waals surface area contributed by atoms with E-state index in [1.54, 1.807) is 12.1 Å². The molecule has 0 aliphatic carbocycles. The third-order valence-electron chi connectivity index (χ3n) is 6.79. The number of hydrogen-bond acceptors (Lipinski definition) is 4. The lowest BCUT2D eigenvalue weighted by molar-refractivity contribution is 0.230. The van der Waals surface area contributed by atoms with Gasteiger partial charge in [-0.3, -0.25) is 4.90 Å². The van der Waals surface area contributed by atoms with E-state index in [1.165, 1.54) is 42.0 Å². The highest BCUT2D eigenvalue weighted by Gasteiger charge is 2.31. The van der Waals surface area contributed by atoms with Crippen LogP contribution in [0.2, 0.25) is 0 Å². The Morgan fingerprint density at radius 3 is 2.90 bits per heavy atom. The van der Waals surface area contributed by atoms with Crippen molar-refractivity contribution in [2.24, 2.45) is 0 Å². The molecule has 1 aromatic heterocycles. The van der Waals surface area contributed by atoms with Crippen molar-refractivity contribution in [1.29, 1.82) is 0 Å². The van der Waals surface area contributed by atoms with Gasteiger partial charge in [0, 0.05) is 43.2 Å². The molecule has 4 nitrogen and oxygen atoms in total. The molecule has 0 spiro atoms. The van der Waals surface area contributed by atoms with Gasteiger partial charge in [-0.1, -0.05) is 30.3 Å². The van der Waals surface area contributed by atoms with Gasteiger partial charge in [0.25, 0.3) is 0 Å². The van der Waals surface area contributed by atoms with Crippen LogP contribution in [0.4, 0.5) is 10.2 Å². The summed E-state index contributed by atoms with van der Waals surface area (Å²) in [6.45, 7) is 8.21. The zero-order valence-electron chi connectivity index (χ0n) is 18.3. The van der Waals surface area contributed by atoms with Gasteiger partial charge in [0.05, 0.1) is 5.52 Å². The van der Waals surface area contributed by atoms with Crippen molar-refractivity contribution in [3.05, 3.63) is 71.0 Å². The van der Waals surface area contributed by atoms with Crippen LogP contribution in [-0.2, 0) is 13.0 Å². The summed E-state index contributed by atoms with van der Waals surface area (Å²) < 4.78 is 13.4. The third kappa shape index (κ3) is 4.43. The molecule has 2 aliphatic rings. The summed E-state index contributed by atoms with van der Waals surface area (Å²) in [4.78, 5) is 10.3. The molecule has 0 radical (unpaired) electrons. The second-order valence-electron chi connectivity index (χ2n) is 8.95. The van der Waals surface area contributed by atoms with Gasteiger partial charge in [0.2, 0.25) is 0 Å². The monoisotopic (exact) mass is 418 g/mol. The minimum atomic E-state index is -0.167. The Labute approximate surface area is 184 Å². The van der Waals surface area contributed by atoms with Gasteiger partial charge in [-0.25, -0.2) is 9.37 Å². The number of fused-ring (bicyclic) bond motifs is 2. The Balaban J connectivity index is 1.36. The Morgan fingerprint density at radius 2 is 2.00 bits per heavy atom. The fourth-order valence-electron chi connectivity index (χ4n) is 5.12. The highest BCUT2D eigenvalue weighted by atomic mass is 19.1. The fraction of sp³-hybridized carbons (Fsp3) is 0.423. The number of benzene rings is 2. The van der Waals surface area contributed by atoms with Crippen molar-refractivity contribution in [3.63, 3.8) is 0 Å². The zero-order valence-corrected chi connectivity index (χ0v) is 18.3. The molecule has 0 saturated carbocycles. The number of piperazine rings is 1. The molecule has 2 aliphatic heterocycles. The van der Waals surface area contributed by atoms with Crippen LogP contribution in [0, 0.1) is 12.7 Å². The second kappa shape index (κ2) is 8.93. The smallest absolute Gasteiger partial charge is 0.133 e. The highest BCUT2D eigenvalue weighted by molar-refractivity contribution is 5.84. The number of pyridine rings is 1. The molecule has 2 saturated heterocycles. The summed E-state index contributed by atoms with van der Waals surface area (Å²) >= 11 is 0. The predicted octanol–water partition coefficient (Wildman–Crippen LogP) is 4.30. The van der Waals surface area contributed by atoms with Crippen molar-refractivity contribution >= 4 is 16.7 Å². The molecule has 0 bridgehead atoms.